The number of aromatic hydroxyl groups is 1. The van der Waals surface area contributed by atoms with Crippen molar-refractivity contribution in [2.24, 2.45) is 4.99 Å². The minimum Gasteiger partial charge on any atom is -0.494 e. The number of aliphatic imine (C=N–C) groups is 1. The molecular weight excluding hydrogens is 350 g/mol. The van der Waals surface area contributed by atoms with Gasteiger partial charge in [-0.2, -0.15) is 0 Å². The second-order valence-corrected chi connectivity index (χ2v) is 6.96. The van der Waals surface area contributed by atoms with Crippen molar-refractivity contribution in [3.63, 3.8) is 0 Å². The van der Waals surface area contributed by atoms with Gasteiger partial charge in [0.2, 0.25) is 5.88 Å². The van der Waals surface area contributed by atoms with Gasteiger partial charge in [-0.1, -0.05) is 44.2 Å². The number of H-pyrrole nitrogens is 1. The first-order valence-electron chi connectivity index (χ1n) is 9.81. The lowest BCUT2D eigenvalue weighted by Gasteiger charge is -2.20. The number of pyridine rings is 1. The molecule has 3 rings (SSSR count). The number of benzene rings is 2. The molecule has 2 N–H and O–H groups in total. The number of rotatable bonds is 8. The molecule has 0 unspecified atom stereocenters. The van der Waals surface area contributed by atoms with Crippen molar-refractivity contribution in [1.82, 2.24) is 9.88 Å². The largest absolute Gasteiger partial charge is 0.494 e. The van der Waals surface area contributed by atoms with Crippen molar-refractivity contribution in [2.45, 2.75) is 33.2 Å². The Kier molecular flexibility index (Phi) is 6.61. The van der Waals surface area contributed by atoms with E-state index in [1.54, 1.807) is 18.3 Å². The smallest absolute Gasteiger partial charge is 0.258 e. The van der Waals surface area contributed by atoms with E-state index in [9.17, 15) is 9.90 Å². The minimum absolute atomic E-state index is 0.168. The van der Waals surface area contributed by atoms with Crippen LogP contribution in [0.3, 0.4) is 0 Å². The molecule has 0 bridgehead atoms. The number of nitrogens with one attached hydrogen (secondary N) is 1. The third-order valence-corrected chi connectivity index (χ3v) is 4.71. The summed E-state index contributed by atoms with van der Waals surface area (Å²) in [5.74, 6) is -0.168. The molecular formula is C23H27N3O2. The van der Waals surface area contributed by atoms with Crippen molar-refractivity contribution in [2.75, 3.05) is 13.1 Å². The molecule has 0 fully saturated rings. The lowest BCUT2D eigenvalue weighted by molar-refractivity contribution is 0.266. The zero-order valence-corrected chi connectivity index (χ0v) is 16.5. The van der Waals surface area contributed by atoms with Crippen molar-refractivity contribution in [3.05, 3.63) is 70.0 Å². The van der Waals surface area contributed by atoms with Crippen LogP contribution in [0.25, 0.3) is 10.8 Å². The molecule has 0 amide bonds. The Morgan fingerprint density at radius 3 is 2.29 bits per heavy atom. The molecule has 3 aromatic rings. The molecule has 0 saturated carbocycles. The Morgan fingerprint density at radius 1 is 1.00 bits per heavy atom. The molecule has 1 aromatic heterocycles. The molecule has 0 aliphatic carbocycles. The molecule has 0 spiro atoms. The van der Waals surface area contributed by atoms with E-state index < -0.39 is 0 Å². The number of fused-ring (bicyclic) bond motifs is 1. The number of hydrogen-bond acceptors (Lipinski definition) is 4. The highest BCUT2D eigenvalue weighted by Gasteiger charge is 2.08. The first-order valence-corrected chi connectivity index (χ1v) is 9.81. The van der Waals surface area contributed by atoms with Gasteiger partial charge in [-0.3, -0.25) is 19.7 Å². The fraction of sp³-hybridized carbons (Fsp3) is 0.304. The Labute approximate surface area is 165 Å². The standard InChI is InChI=1S/C23H27N3O2/c1-3-13-26(14-4-2)16-17-9-11-18(12-10-17)24-15-21-19-7-5-6-8-20(19)22(27)25-23(21)28/h5-12,15H,3-4,13-14,16H2,1-2H3,(H2,25,27,28). The van der Waals surface area contributed by atoms with Gasteiger partial charge in [-0.15, -0.1) is 0 Å². The first-order chi connectivity index (χ1) is 13.6. The maximum absolute atomic E-state index is 12.0. The van der Waals surface area contributed by atoms with Gasteiger partial charge in [0.1, 0.15) is 0 Å². The molecule has 28 heavy (non-hydrogen) atoms. The van der Waals surface area contributed by atoms with E-state index >= 15 is 0 Å². The minimum atomic E-state index is -0.307. The van der Waals surface area contributed by atoms with Gasteiger partial charge in [-0.05, 0) is 49.7 Å². The molecule has 5 heteroatoms. The van der Waals surface area contributed by atoms with Crippen molar-refractivity contribution in [1.29, 1.82) is 0 Å². The number of nitrogens with zero attached hydrogens (tertiary/aromatic N) is 2. The van der Waals surface area contributed by atoms with Crippen molar-refractivity contribution in [3.8, 4) is 5.88 Å². The van der Waals surface area contributed by atoms with E-state index in [1.807, 2.05) is 24.3 Å². The average molecular weight is 377 g/mol. The normalized spacial score (nSPS) is 11.7. The lowest BCUT2D eigenvalue weighted by Crippen LogP contribution is -2.24. The second kappa shape index (κ2) is 9.33. The summed E-state index contributed by atoms with van der Waals surface area (Å²) in [6.45, 7) is 7.56. The topological polar surface area (TPSA) is 68.7 Å². The van der Waals surface area contributed by atoms with Crippen LogP contribution in [-0.2, 0) is 6.54 Å². The molecule has 1 heterocycles. The summed E-state index contributed by atoms with van der Waals surface area (Å²) < 4.78 is 0. The van der Waals surface area contributed by atoms with E-state index in [0.29, 0.717) is 16.3 Å². The highest BCUT2D eigenvalue weighted by atomic mass is 16.3. The van der Waals surface area contributed by atoms with Crippen LogP contribution in [0.4, 0.5) is 5.69 Å². The van der Waals surface area contributed by atoms with Crippen LogP contribution in [0.2, 0.25) is 0 Å². The monoisotopic (exact) mass is 377 g/mol. The SMILES string of the molecule is CCCN(CCC)Cc1ccc(N=Cc2c(O)[nH]c(=O)c3ccccc23)cc1. The van der Waals surface area contributed by atoms with Gasteiger partial charge in [0, 0.05) is 23.5 Å². The quantitative estimate of drug-likeness (QED) is 0.564. The van der Waals surface area contributed by atoms with E-state index in [-0.39, 0.29) is 11.4 Å². The fourth-order valence-electron chi connectivity index (χ4n) is 3.40. The van der Waals surface area contributed by atoms with Crippen LogP contribution < -0.4 is 5.56 Å². The number of aromatic amines is 1. The van der Waals surface area contributed by atoms with Crippen LogP contribution in [0.5, 0.6) is 5.88 Å². The molecule has 0 radical (unpaired) electrons. The molecule has 0 atom stereocenters. The van der Waals surface area contributed by atoms with Crippen LogP contribution in [0, 0.1) is 0 Å². The van der Waals surface area contributed by atoms with Gasteiger partial charge in [-0.25, -0.2) is 0 Å². The summed E-state index contributed by atoms with van der Waals surface area (Å²) in [5, 5.41) is 11.4. The zero-order chi connectivity index (χ0) is 19.9. The number of aromatic nitrogens is 1. The van der Waals surface area contributed by atoms with Crippen LogP contribution in [0.15, 0.2) is 58.3 Å². The lowest BCUT2D eigenvalue weighted by atomic mass is 10.1. The third kappa shape index (κ3) is 4.67. The second-order valence-electron chi connectivity index (χ2n) is 6.96. The highest BCUT2D eigenvalue weighted by molar-refractivity contribution is 6.01. The van der Waals surface area contributed by atoms with Gasteiger partial charge >= 0.3 is 0 Å². The predicted molar refractivity (Wildman–Crippen MR) is 116 cm³/mol. The highest BCUT2D eigenvalue weighted by Crippen LogP contribution is 2.22. The summed E-state index contributed by atoms with van der Waals surface area (Å²) in [4.78, 5) is 21.4. The maximum atomic E-state index is 12.0. The van der Waals surface area contributed by atoms with Crippen molar-refractivity contribution < 1.29 is 5.11 Å². The predicted octanol–water partition coefficient (Wildman–Crippen LogP) is 4.61. The molecule has 0 saturated heterocycles. The van der Waals surface area contributed by atoms with E-state index in [2.05, 4.69) is 40.9 Å². The fourth-order valence-corrected chi connectivity index (χ4v) is 3.40. The summed E-state index contributed by atoms with van der Waals surface area (Å²) in [6.07, 6.45) is 3.90. The Balaban J connectivity index is 1.80. The zero-order valence-electron chi connectivity index (χ0n) is 16.5. The average Bonchev–Trinajstić information content (AvgIpc) is 2.69. The van der Waals surface area contributed by atoms with Gasteiger partial charge in [0.15, 0.2) is 0 Å². The van der Waals surface area contributed by atoms with Crippen LogP contribution in [-0.4, -0.2) is 34.3 Å². The Hall–Kier alpha value is -2.92. The van der Waals surface area contributed by atoms with E-state index in [0.717, 1.165) is 38.2 Å². The molecule has 5 nitrogen and oxygen atoms in total. The van der Waals surface area contributed by atoms with Crippen LogP contribution >= 0.6 is 0 Å². The van der Waals surface area contributed by atoms with E-state index in [4.69, 9.17) is 0 Å². The van der Waals surface area contributed by atoms with Crippen molar-refractivity contribution >= 4 is 22.7 Å². The third-order valence-electron chi connectivity index (χ3n) is 4.71. The summed E-state index contributed by atoms with van der Waals surface area (Å²) in [7, 11) is 0. The summed E-state index contributed by atoms with van der Waals surface area (Å²) in [5.41, 5.74) is 2.27. The van der Waals surface area contributed by atoms with E-state index in [1.165, 1.54) is 5.56 Å². The molecule has 146 valence electrons. The van der Waals surface area contributed by atoms with Gasteiger partial charge in [0.05, 0.1) is 11.3 Å². The first kappa shape index (κ1) is 19.8. The summed E-state index contributed by atoms with van der Waals surface area (Å²) >= 11 is 0. The van der Waals surface area contributed by atoms with Crippen LogP contribution in [0.1, 0.15) is 37.8 Å². The summed E-state index contributed by atoms with van der Waals surface area (Å²) in [6, 6.07) is 15.3. The Morgan fingerprint density at radius 2 is 1.64 bits per heavy atom. The molecule has 2 aromatic carbocycles. The molecule has 0 aliphatic heterocycles. The van der Waals surface area contributed by atoms with Gasteiger partial charge in [0.25, 0.3) is 5.56 Å². The maximum Gasteiger partial charge on any atom is 0.258 e. The number of hydrogen-bond donors (Lipinski definition) is 2. The molecule has 0 aliphatic rings. The van der Waals surface area contributed by atoms with Gasteiger partial charge < -0.3 is 5.11 Å². The Bertz CT molecular complexity index is 1000.